The number of aromatic amines is 1. The minimum absolute atomic E-state index is 0.482. The van der Waals surface area contributed by atoms with Crippen molar-refractivity contribution in [2.75, 3.05) is 23.7 Å². The van der Waals surface area contributed by atoms with Gasteiger partial charge in [-0.15, -0.1) is 0 Å². The molecule has 0 spiro atoms. The molecule has 1 saturated heterocycles. The van der Waals surface area contributed by atoms with Crippen molar-refractivity contribution in [3.05, 3.63) is 36.0 Å². The molecule has 6 heteroatoms. The molecule has 2 aromatic heterocycles. The zero-order valence-corrected chi connectivity index (χ0v) is 11.6. The van der Waals surface area contributed by atoms with Gasteiger partial charge in [0, 0.05) is 30.8 Å². The lowest BCUT2D eigenvalue weighted by molar-refractivity contribution is 0.462. The van der Waals surface area contributed by atoms with E-state index in [4.69, 9.17) is 10.2 Å². The van der Waals surface area contributed by atoms with Crippen LogP contribution in [-0.4, -0.2) is 28.3 Å². The van der Waals surface area contributed by atoms with Crippen LogP contribution in [0.2, 0.25) is 0 Å². The van der Waals surface area contributed by atoms with Crippen molar-refractivity contribution in [3.8, 4) is 0 Å². The molecule has 0 amide bonds. The molecule has 1 aliphatic rings. The molecular weight excluding hydrogens is 266 g/mol. The summed E-state index contributed by atoms with van der Waals surface area (Å²) in [5.74, 6) is 1.04. The van der Waals surface area contributed by atoms with Crippen molar-refractivity contribution in [1.82, 2.24) is 15.2 Å². The number of anilines is 2. The van der Waals surface area contributed by atoms with E-state index in [0.29, 0.717) is 11.7 Å². The van der Waals surface area contributed by atoms with Gasteiger partial charge in [0.05, 0.1) is 0 Å². The molecule has 1 aromatic carbocycles. The largest absolute Gasteiger partial charge is 0.423 e. The second-order valence-electron chi connectivity index (χ2n) is 5.47. The van der Waals surface area contributed by atoms with Gasteiger partial charge in [-0.1, -0.05) is 12.1 Å². The van der Waals surface area contributed by atoms with Crippen LogP contribution in [0.1, 0.15) is 24.5 Å². The molecule has 6 nitrogen and oxygen atoms in total. The Bertz CT molecular complexity index is 721. The number of nitrogens with one attached hydrogen (secondary N) is 1. The Kier molecular flexibility index (Phi) is 2.80. The lowest BCUT2D eigenvalue weighted by Crippen LogP contribution is -2.33. The molecule has 3 N–H and O–H groups in total. The zero-order chi connectivity index (χ0) is 14.2. The summed E-state index contributed by atoms with van der Waals surface area (Å²) in [5, 5.41) is 7.02. The summed E-state index contributed by atoms with van der Waals surface area (Å²) in [6.45, 7) is 1.85. The van der Waals surface area contributed by atoms with Crippen molar-refractivity contribution < 1.29 is 4.42 Å². The van der Waals surface area contributed by atoms with Crippen molar-refractivity contribution >= 4 is 22.9 Å². The average Bonchev–Trinajstić information content (AvgIpc) is 3.13. The number of aromatic nitrogens is 3. The lowest BCUT2D eigenvalue weighted by Gasteiger charge is -2.30. The van der Waals surface area contributed by atoms with Gasteiger partial charge in [-0.3, -0.25) is 5.10 Å². The molecule has 1 aliphatic heterocycles. The highest BCUT2D eigenvalue weighted by Crippen LogP contribution is 2.31. The fourth-order valence-corrected chi connectivity index (χ4v) is 2.94. The Balaban J connectivity index is 1.49. The van der Waals surface area contributed by atoms with Gasteiger partial charge in [0.25, 0.3) is 6.01 Å². The highest BCUT2D eigenvalue weighted by Gasteiger charge is 2.24. The van der Waals surface area contributed by atoms with Crippen LogP contribution in [0.3, 0.4) is 0 Å². The maximum atomic E-state index is 5.83. The number of benzene rings is 1. The minimum atomic E-state index is 0.482. The van der Waals surface area contributed by atoms with Crippen LogP contribution in [-0.2, 0) is 0 Å². The number of nitrogens with two attached hydrogens (primary N) is 1. The number of fused-ring (bicyclic) bond motifs is 1. The predicted molar refractivity (Wildman–Crippen MR) is 81.2 cm³/mol. The first-order valence-electron chi connectivity index (χ1n) is 7.21. The van der Waals surface area contributed by atoms with Crippen LogP contribution >= 0.6 is 0 Å². The third-order valence-corrected chi connectivity index (χ3v) is 4.11. The van der Waals surface area contributed by atoms with Crippen LogP contribution in [0.15, 0.2) is 34.7 Å². The number of oxazole rings is 1. The molecule has 0 bridgehead atoms. The first-order chi connectivity index (χ1) is 10.3. The topological polar surface area (TPSA) is 84.0 Å². The second kappa shape index (κ2) is 4.80. The Hall–Kier alpha value is -2.50. The van der Waals surface area contributed by atoms with Gasteiger partial charge < -0.3 is 15.1 Å². The second-order valence-corrected chi connectivity index (χ2v) is 5.47. The Morgan fingerprint density at radius 2 is 2.05 bits per heavy atom. The van der Waals surface area contributed by atoms with Gasteiger partial charge in [0.2, 0.25) is 0 Å². The summed E-state index contributed by atoms with van der Waals surface area (Å²) in [5.41, 5.74) is 8.55. The van der Waals surface area contributed by atoms with Gasteiger partial charge in [-0.2, -0.15) is 10.1 Å². The number of piperidine rings is 1. The summed E-state index contributed by atoms with van der Waals surface area (Å²) in [6.07, 6.45) is 2.08. The SMILES string of the molecule is Nc1cc(C2CCN(c3nc4ccccc4o3)CC2)[nH]n1. The summed E-state index contributed by atoms with van der Waals surface area (Å²) >= 11 is 0. The molecular formula is C15H17N5O. The quantitative estimate of drug-likeness (QED) is 0.755. The van der Waals surface area contributed by atoms with E-state index in [1.807, 2.05) is 30.3 Å². The van der Waals surface area contributed by atoms with Crippen molar-refractivity contribution in [2.45, 2.75) is 18.8 Å². The molecule has 0 radical (unpaired) electrons. The zero-order valence-electron chi connectivity index (χ0n) is 11.6. The highest BCUT2D eigenvalue weighted by atomic mass is 16.4. The standard InChI is InChI=1S/C15H17N5O/c16-14-9-12(18-19-14)10-5-7-20(8-6-10)15-17-11-3-1-2-4-13(11)21-15/h1-4,9-10H,5-8H2,(H3,16,18,19). The minimum Gasteiger partial charge on any atom is -0.423 e. The number of para-hydroxylation sites is 2. The van der Waals surface area contributed by atoms with Gasteiger partial charge in [0.15, 0.2) is 5.58 Å². The summed E-state index contributed by atoms with van der Waals surface area (Å²) in [7, 11) is 0. The van der Waals surface area contributed by atoms with E-state index in [2.05, 4.69) is 20.1 Å². The molecule has 0 aliphatic carbocycles. The fraction of sp³-hybridized carbons (Fsp3) is 0.333. The third kappa shape index (κ3) is 2.22. The normalized spacial score (nSPS) is 16.7. The van der Waals surface area contributed by atoms with Crippen LogP contribution in [0.4, 0.5) is 11.8 Å². The van der Waals surface area contributed by atoms with Gasteiger partial charge >= 0.3 is 0 Å². The summed E-state index contributed by atoms with van der Waals surface area (Å²) in [4.78, 5) is 6.76. The highest BCUT2D eigenvalue weighted by molar-refractivity contribution is 5.74. The average molecular weight is 283 g/mol. The first-order valence-corrected chi connectivity index (χ1v) is 7.21. The predicted octanol–water partition coefficient (Wildman–Crippen LogP) is 2.52. The van der Waals surface area contributed by atoms with Crippen molar-refractivity contribution in [2.24, 2.45) is 0 Å². The number of nitrogens with zero attached hydrogens (tertiary/aromatic N) is 3. The molecule has 0 saturated carbocycles. The van der Waals surface area contributed by atoms with Gasteiger partial charge in [-0.05, 0) is 25.0 Å². The number of nitrogen functional groups attached to an aromatic ring is 1. The third-order valence-electron chi connectivity index (χ3n) is 4.11. The van der Waals surface area contributed by atoms with Crippen LogP contribution < -0.4 is 10.6 Å². The number of H-pyrrole nitrogens is 1. The van der Waals surface area contributed by atoms with Crippen LogP contribution in [0.25, 0.3) is 11.1 Å². The Morgan fingerprint density at radius 3 is 2.76 bits per heavy atom. The van der Waals surface area contributed by atoms with E-state index in [1.165, 1.54) is 0 Å². The van der Waals surface area contributed by atoms with E-state index in [0.717, 1.165) is 48.7 Å². The summed E-state index contributed by atoms with van der Waals surface area (Å²) < 4.78 is 5.83. The number of hydrogen-bond donors (Lipinski definition) is 2. The van der Waals surface area contributed by atoms with E-state index < -0.39 is 0 Å². The van der Waals surface area contributed by atoms with Crippen molar-refractivity contribution in [3.63, 3.8) is 0 Å². The van der Waals surface area contributed by atoms with E-state index in [-0.39, 0.29) is 0 Å². The molecule has 0 unspecified atom stereocenters. The van der Waals surface area contributed by atoms with E-state index in [1.54, 1.807) is 0 Å². The Labute approximate surface area is 122 Å². The molecule has 21 heavy (non-hydrogen) atoms. The lowest BCUT2D eigenvalue weighted by atomic mass is 9.94. The molecule has 3 heterocycles. The van der Waals surface area contributed by atoms with Crippen LogP contribution in [0, 0.1) is 0 Å². The van der Waals surface area contributed by atoms with Gasteiger partial charge in [-0.25, -0.2) is 0 Å². The van der Waals surface area contributed by atoms with E-state index >= 15 is 0 Å². The number of hydrogen-bond acceptors (Lipinski definition) is 5. The number of rotatable bonds is 2. The summed E-state index contributed by atoms with van der Waals surface area (Å²) in [6, 6.07) is 10.5. The molecule has 0 atom stereocenters. The molecule has 108 valence electrons. The fourth-order valence-electron chi connectivity index (χ4n) is 2.94. The van der Waals surface area contributed by atoms with Crippen molar-refractivity contribution in [1.29, 1.82) is 0 Å². The molecule has 1 fully saturated rings. The maximum Gasteiger partial charge on any atom is 0.298 e. The molecule has 3 aromatic rings. The van der Waals surface area contributed by atoms with Crippen LogP contribution in [0.5, 0.6) is 0 Å². The Morgan fingerprint density at radius 1 is 1.24 bits per heavy atom. The monoisotopic (exact) mass is 283 g/mol. The maximum absolute atomic E-state index is 5.83. The van der Waals surface area contributed by atoms with E-state index in [9.17, 15) is 0 Å². The smallest absolute Gasteiger partial charge is 0.298 e. The van der Waals surface area contributed by atoms with Gasteiger partial charge in [0.1, 0.15) is 11.3 Å². The first kappa shape index (κ1) is 12.3. The molecule has 4 rings (SSSR count).